The second-order valence-electron chi connectivity index (χ2n) is 4.94. The Bertz CT molecular complexity index is 594. The van der Waals surface area contributed by atoms with Crippen molar-refractivity contribution in [2.75, 3.05) is 18.0 Å². The Balaban J connectivity index is 1.90. The third kappa shape index (κ3) is 2.43. The second-order valence-corrected chi connectivity index (χ2v) is 5.37. The third-order valence-electron chi connectivity index (χ3n) is 3.44. The van der Waals surface area contributed by atoms with Crippen molar-refractivity contribution in [3.63, 3.8) is 0 Å². The van der Waals surface area contributed by atoms with Gasteiger partial charge < -0.3 is 10.6 Å². The van der Waals surface area contributed by atoms with E-state index < -0.39 is 0 Å². The fourth-order valence-corrected chi connectivity index (χ4v) is 2.51. The minimum absolute atomic E-state index is 0.217. The van der Waals surface area contributed by atoms with Crippen molar-refractivity contribution in [1.29, 1.82) is 0 Å². The van der Waals surface area contributed by atoms with Crippen LogP contribution >= 0.6 is 11.6 Å². The molecule has 2 heterocycles. The van der Waals surface area contributed by atoms with E-state index in [0.29, 0.717) is 11.0 Å². The Morgan fingerprint density at radius 2 is 2.32 bits per heavy atom. The molecule has 3 rings (SSSR count). The molecule has 0 aliphatic carbocycles. The first-order valence-electron chi connectivity index (χ1n) is 6.33. The van der Waals surface area contributed by atoms with Crippen LogP contribution in [0.4, 0.5) is 5.95 Å². The largest absolute Gasteiger partial charge is 0.338 e. The zero-order valence-corrected chi connectivity index (χ0v) is 11.5. The summed E-state index contributed by atoms with van der Waals surface area (Å²) in [5.41, 5.74) is 8.00. The number of aryl methyl sites for hydroxylation is 1. The van der Waals surface area contributed by atoms with Crippen molar-refractivity contribution < 1.29 is 0 Å². The van der Waals surface area contributed by atoms with Crippen LogP contribution in [-0.2, 0) is 0 Å². The van der Waals surface area contributed by atoms with E-state index in [2.05, 4.69) is 20.1 Å². The molecule has 1 aromatic carbocycles. The average molecular weight is 278 g/mol. The lowest BCUT2D eigenvalue weighted by Crippen LogP contribution is -2.26. The average Bonchev–Trinajstić information content (AvgIpc) is 3.00. The Morgan fingerprint density at radius 3 is 3.05 bits per heavy atom. The van der Waals surface area contributed by atoms with E-state index in [1.165, 1.54) is 0 Å². The van der Waals surface area contributed by atoms with Crippen LogP contribution in [0.3, 0.4) is 0 Å². The summed E-state index contributed by atoms with van der Waals surface area (Å²) < 4.78 is 0. The standard InChI is InChI=1S/C13H16ClN5/c1-8-2-3-9(14)6-11(8)12-16-13(18-17-12)19-5-4-10(15)7-19/h2-3,6,10H,4-5,7,15H2,1H3,(H,16,17,18). The first-order chi connectivity index (χ1) is 9.13. The fraction of sp³-hybridized carbons (Fsp3) is 0.385. The minimum atomic E-state index is 0.217. The van der Waals surface area contributed by atoms with Gasteiger partial charge in [0.05, 0.1) is 0 Å². The number of aromatic amines is 1. The molecule has 5 nitrogen and oxygen atoms in total. The lowest BCUT2D eigenvalue weighted by atomic mass is 10.1. The molecule has 0 radical (unpaired) electrons. The number of nitrogens with zero attached hydrogens (tertiary/aromatic N) is 3. The number of aromatic nitrogens is 3. The number of benzene rings is 1. The van der Waals surface area contributed by atoms with E-state index in [9.17, 15) is 0 Å². The normalized spacial score (nSPS) is 19.1. The molecule has 19 heavy (non-hydrogen) atoms. The predicted molar refractivity (Wildman–Crippen MR) is 76.4 cm³/mol. The van der Waals surface area contributed by atoms with Crippen molar-refractivity contribution in [3.8, 4) is 11.4 Å². The first kappa shape index (κ1) is 12.4. The van der Waals surface area contributed by atoms with E-state index in [1.54, 1.807) is 0 Å². The van der Waals surface area contributed by atoms with Gasteiger partial charge in [-0.2, -0.15) is 4.98 Å². The molecule has 0 saturated carbocycles. The lowest BCUT2D eigenvalue weighted by Gasteiger charge is -2.11. The van der Waals surface area contributed by atoms with Crippen molar-refractivity contribution in [2.24, 2.45) is 5.73 Å². The first-order valence-corrected chi connectivity index (χ1v) is 6.71. The molecule has 1 aliphatic heterocycles. The number of halogens is 1. The number of nitrogens with two attached hydrogens (primary N) is 1. The van der Waals surface area contributed by atoms with E-state index in [0.717, 1.165) is 36.5 Å². The number of hydrogen-bond acceptors (Lipinski definition) is 4. The van der Waals surface area contributed by atoms with Crippen LogP contribution in [0.25, 0.3) is 11.4 Å². The SMILES string of the molecule is Cc1ccc(Cl)cc1-c1nc(N2CCC(N)C2)n[nH]1. The van der Waals surface area contributed by atoms with Crippen molar-refractivity contribution in [1.82, 2.24) is 15.2 Å². The highest BCUT2D eigenvalue weighted by atomic mass is 35.5. The molecular formula is C13H16ClN5. The van der Waals surface area contributed by atoms with E-state index in [-0.39, 0.29) is 6.04 Å². The quantitative estimate of drug-likeness (QED) is 0.880. The predicted octanol–water partition coefficient (Wildman–Crippen LogP) is 1.97. The van der Waals surface area contributed by atoms with E-state index in [1.807, 2.05) is 25.1 Å². The highest BCUT2D eigenvalue weighted by molar-refractivity contribution is 6.30. The molecule has 1 fully saturated rings. The van der Waals surface area contributed by atoms with Crippen LogP contribution in [-0.4, -0.2) is 34.3 Å². The Kier molecular flexibility index (Phi) is 3.16. The Hall–Kier alpha value is -1.59. The van der Waals surface area contributed by atoms with Crippen LogP contribution in [0.1, 0.15) is 12.0 Å². The van der Waals surface area contributed by atoms with Gasteiger partial charge in [-0.05, 0) is 31.0 Å². The third-order valence-corrected chi connectivity index (χ3v) is 3.67. The fourth-order valence-electron chi connectivity index (χ4n) is 2.33. The molecule has 1 unspecified atom stereocenters. The van der Waals surface area contributed by atoms with Crippen molar-refractivity contribution >= 4 is 17.5 Å². The maximum absolute atomic E-state index is 6.03. The van der Waals surface area contributed by atoms with Gasteiger partial charge in [-0.3, -0.25) is 5.10 Å². The zero-order chi connectivity index (χ0) is 13.4. The number of anilines is 1. The van der Waals surface area contributed by atoms with Crippen molar-refractivity contribution in [3.05, 3.63) is 28.8 Å². The summed E-state index contributed by atoms with van der Waals surface area (Å²) in [6.07, 6.45) is 0.986. The van der Waals surface area contributed by atoms with Gasteiger partial charge in [0.25, 0.3) is 0 Å². The highest BCUT2D eigenvalue weighted by Crippen LogP contribution is 2.25. The summed E-state index contributed by atoms with van der Waals surface area (Å²) >= 11 is 6.03. The monoisotopic (exact) mass is 277 g/mol. The molecule has 2 aromatic rings. The number of rotatable bonds is 2. The molecule has 1 saturated heterocycles. The highest BCUT2D eigenvalue weighted by Gasteiger charge is 2.22. The van der Waals surface area contributed by atoms with Gasteiger partial charge in [-0.1, -0.05) is 17.7 Å². The molecule has 3 N–H and O–H groups in total. The van der Waals surface area contributed by atoms with Crippen LogP contribution in [0.15, 0.2) is 18.2 Å². The van der Waals surface area contributed by atoms with E-state index >= 15 is 0 Å². The lowest BCUT2D eigenvalue weighted by molar-refractivity contribution is 0.750. The van der Waals surface area contributed by atoms with Gasteiger partial charge in [0.1, 0.15) is 0 Å². The molecular weight excluding hydrogens is 262 g/mol. The smallest absolute Gasteiger partial charge is 0.245 e. The van der Waals surface area contributed by atoms with Gasteiger partial charge >= 0.3 is 0 Å². The van der Waals surface area contributed by atoms with Crippen LogP contribution in [0, 0.1) is 6.92 Å². The molecule has 0 spiro atoms. The van der Waals surface area contributed by atoms with Gasteiger partial charge in [0.15, 0.2) is 5.82 Å². The number of H-pyrrole nitrogens is 1. The molecule has 1 aromatic heterocycles. The molecule has 100 valence electrons. The summed E-state index contributed by atoms with van der Waals surface area (Å²) in [5.74, 6) is 1.46. The minimum Gasteiger partial charge on any atom is -0.338 e. The van der Waals surface area contributed by atoms with Gasteiger partial charge in [0, 0.05) is 29.7 Å². The molecule has 0 amide bonds. The summed E-state index contributed by atoms with van der Waals surface area (Å²) in [6.45, 7) is 3.75. The molecule has 1 aliphatic rings. The van der Waals surface area contributed by atoms with Crippen LogP contribution in [0.2, 0.25) is 5.02 Å². The number of hydrogen-bond donors (Lipinski definition) is 2. The summed E-state index contributed by atoms with van der Waals surface area (Å²) in [7, 11) is 0. The maximum atomic E-state index is 6.03. The van der Waals surface area contributed by atoms with E-state index in [4.69, 9.17) is 17.3 Å². The van der Waals surface area contributed by atoms with Gasteiger partial charge in [-0.15, -0.1) is 5.10 Å². The van der Waals surface area contributed by atoms with Gasteiger partial charge in [0.2, 0.25) is 5.95 Å². The van der Waals surface area contributed by atoms with Gasteiger partial charge in [-0.25, -0.2) is 0 Å². The Labute approximate surface area is 116 Å². The Morgan fingerprint density at radius 1 is 1.47 bits per heavy atom. The molecule has 0 bridgehead atoms. The van der Waals surface area contributed by atoms with Crippen LogP contribution in [0.5, 0.6) is 0 Å². The second kappa shape index (κ2) is 4.83. The summed E-state index contributed by atoms with van der Waals surface area (Å²) in [4.78, 5) is 6.65. The molecule has 1 atom stereocenters. The van der Waals surface area contributed by atoms with Crippen molar-refractivity contribution in [2.45, 2.75) is 19.4 Å². The van der Waals surface area contributed by atoms with Crippen LogP contribution < -0.4 is 10.6 Å². The summed E-state index contributed by atoms with van der Waals surface area (Å²) in [5, 5.41) is 7.95. The summed E-state index contributed by atoms with van der Waals surface area (Å²) in [6, 6.07) is 5.97. The number of nitrogens with one attached hydrogen (secondary N) is 1. The molecule has 6 heteroatoms. The maximum Gasteiger partial charge on any atom is 0.245 e. The topological polar surface area (TPSA) is 70.8 Å². The zero-order valence-electron chi connectivity index (χ0n) is 10.7.